The first kappa shape index (κ1) is 21.5. The van der Waals surface area contributed by atoms with Crippen molar-refractivity contribution in [2.75, 3.05) is 12.8 Å². The van der Waals surface area contributed by atoms with Crippen LogP contribution in [0.5, 0.6) is 0 Å². The fourth-order valence-electron chi connectivity index (χ4n) is 2.67. The summed E-state index contributed by atoms with van der Waals surface area (Å²) in [5, 5.41) is 1.93. The van der Waals surface area contributed by atoms with Gasteiger partial charge in [-0.1, -0.05) is 25.1 Å². The summed E-state index contributed by atoms with van der Waals surface area (Å²) in [6, 6.07) is 9.54. The lowest BCUT2D eigenvalue weighted by Gasteiger charge is -2.29. The zero-order valence-electron chi connectivity index (χ0n) is 15.8. The molecule has 1 heterocycles. The summed E-state index contributed by atoms with van der Waals surface area (Å²) in [7, 11) is -3.51. The van der Waals surface area contributed by atoms with Crippen molar-refractivity contribution in [1.82, 2.24) is 9.21 Å². The third kappa shape index (κ3) is 6.41. The zero-order valence-corrected chi connectivity index (χ0v) is 17.4. The Balaban J connectivity index is 2.22. The molecule has 0 aliphatic carbocycles. The molecule has 0 radical (unpaired) electrons. The maximum Gasteiger partial charge on any atom is 0.238 e. The highest BCUT2D eigenvalue weighted by atomic mass is 32.2. The monoisotopic (exact) mass is 412 g/mol. The Labute approximate surface area is 164 Å². The molecule has 2 rings (SSSR count). The smallest absolute Gasteiger partial charge is 0.238 e. The number of carbonyl (C=O) groups is 1. The van der Waals surface area contributed by atoms with Gasteiger partial charge in [0.15, 0.2) is 0 Å². The second-order valence-electron chi connectivity index (χ2n) is 6.52. The standard InChI is InChI=1S/C19H25FN2O3S2/c1-4-15(2)22(27(3,24)25)14-19(23)21(13-18-6-5-11-26-18)12-16-7-9-17(20)10-8-16/h5-11,15H,4,12-14H2,1-3H3/t15-/m1/s1. The molecule has 8 heteroatoms. The van der Waals surface area contributed by atoms with Gasteiger partial charge in [0.25, 0.3) is 0 Å². The molecule has 0 aliphatic heterocycles. The summed E-state index contributed by atoms with van der Waals surface area (Å²) >= 11 is 1.53. The van der Waals surface area contributed by atoms with E-state index in [1.807, 2.05) is 24.4 Å². The van der Waals surface area contributed by atoms with Crippen molar-refractivity contribution in [3.8, 4) is 0 Å². The average Bonchev–Trinajstić information content (AvgIpc) is 3.12. The number of carbonyl (C=O) groups excluding carboxylic acids is 1. The fraction of sp³-hybridized carbons (Fsp3) is 0.421. The summed E-state index contributed by atoms with van der Waals surface area (Å²) in [5.74, 6) is -0.617. The Morgan fingerprint density at radius 1 is 1.19 bits per heavy atom. The predicted octanol–water partition coefficient (Wildman–Crippen LogP) is 3.48. The second kappa shape index (κ2) is 9.43. The SMILES string of the molecule is CC[C@@H](C)N(CC(=O)N(Cc1ccc(F)cc1)Cc1cccs1)S(C)(=O)=O. The van der Waals surface area contributed by atoms with Gasteiger partial charge in [0, 0.05) is 17.5 Å². The summed E-state index contributed by atoms with van der Waals surface area (Å²) in [5.41, 5.74) is 0.788. The first-order valence-corrected chi connectivity index (χ1v) is 11.4. The van der Waals surface area contributed by atoms with E-state index in [9.17, 15) is 17.6 Å². The van der Waals surface area contributed by atoms with Crippen LogP contribution in [-0.2, 0) is 27.9 Å². The van der Waals surface area contributed by atoms with E-state index in [1.54, 1.807) is 24.0 Å². The Morgan fingerprint density at radius 3 is 2.37 bits per heavy atom. The number of thiophene rings is 1. The van der Waals surface area contributed by atoms with E-state index in [4.69, 9.17) is 0 Å². The molecule has 0 unspecified atom stereocenters. The third-order valence-electron chi connectivity index (χ3n) is 4.37. The van der Waals surface area contributed by atoms with Crippen LogP contribution in [0.25, 0.3) is 0 Å². The minimum absolute atomic E-state index is 0.208. The number of sulfonamides is 1. The lowest BCUT2D eigenvalue weighted by Crippen LogP contribution is -2.45. The topological polar surface area (TPSA) is 57.7 Å². The molecular weight excluding hydrogens is 387 g/mol. The van der Waals surface area contributed by atoms with Crippen molar-refractivity contribution in [1.29, 1.82) is 0 Å². The quantitative estimate of drug-likeness (QED) is 0.634. The molecule has 0 saturated heterocycles. The van der Waals surface area contributed by atoms with Crippen LogP contribution in [0.3, 0.4) is 0 Å². The molecule has 0 fully saturated rings. The van der Waals surface area contributed by atoms with Crippen LogP contribution >= 0.6 is 11.3 Å². The third-order valence-corrected chi connectivity index (χ3v) is 6.57. The summed E-state index contributed by atoms with van der Waals surface area (Å²) in [4.78, 5) is 15.6. The molecular formula is C19H25FN2O3S2. The van der Waals surface area contributed by atoms with Crippen molar-refractivity contribution in [2.24, 2.45) is 0 Å². The first-order valence-electron chi connectivity index (χ1n) is 8.72. The molecule has 0 aliphatic rings. The van der Waals surface area contributed by atoms with Crippen LogP contribution < -0.4 is 0 Å². The highest BCUT2D eigenvalue weighted by Crippen LogP contribution is 2.17. The summed E-state index contributed by atoms with van der Waals surface area (Å²) < 4.78 is 38.6. The number of halogens is 1. The molecule has 1 atom stereocenters. The average molecular weight is 413 g/mol. The van der Waals surface area contributed by atoms with Gasteiger partial charge in [-0.25, -0.2) is 12.8 Å². The fourth-order valence-corrected chi connectivity index (χ4v) is 4.54. The summed E-state index contributed by atoms with van der Waals surface area (Å²) in [6.45, 7) is 4.13. The summed E-state index contributed by atoms with van der Waals surface area (Å²) in [6.07, 6.45) is 1.74. The van der Waals surface area contributed by atoms with Gasteiger partial charge in [-0.3, -0.25) is 4.79 Å². The minimum atomic E-state index is -3.51. The molecule has 148 valence electrons. The van der Waals surface area contributed by atoms with Crippen LogP contribution in [0.2, 0.25) is 0 Å². The minimum Gasteiger partial charge on any atom is -0.332 e. The molecule has 2 aromatic rings. The van der Waals surface area contributed by atoms with Gasteiger partial charge >= 0.3 is 0 Å². The van der Waals surface area contributed by atoms with E-state index in [0.717, 1.165) is 16.7 Å². The maximum absolute atomic E-state index is 13.2. The van der Waals surface area contributed by atoms with Gasteiger partial charge in [0.2, 0.25) is 15.9 Å². The lowest BCUT2D eigenvalue weighted by atomic mass is 10.2. The predicted molar refractivity (Wildman–Crippen MR) is 106 cm³/mol. The van der Waals surface area contributed by atoms with E-state index in [-0.39, 0.29) is 30.9 Å². The van der Waals surface area contributed by atoms with E-state index in [0.29, 0.717) is 13.0 Å². The molecule has 1 aromatic carbocycles. The van der Waals surface area contributed by atoms with Crippen molar-refractivity contribution in [3.05, 3.63) is 58.0 Å². The van der Waals surface area contributed by atoms with Crippen LogP contribution in [0.1, 0.15) is 30.7 Å². The highest BCUT2D eigenvalue weighted by molar-refractivity contribution is 7.88. The van der Waals surface area contributed by atoms with E-state index in [1.165, 1.54) is 27.8 Å². The molecule has 0 bridgehead atoms. The molecule has 5 nitrogen and oxygen atoms in total. The zero-order chi connectivity index (χ0) is 20.0. The Morgan fingerprint density at radius 2 is 1.85 bits per heavy atom. The van der Waals surface area contributed by atoms with Crippen molar-refractivity contribution in [2.45, 2.75) is 39.4 Å². The van der Waals surface area contributed by atoms with Crippen LogP contribution in [0, 0.1) is 5.82 Å². The molecule has 1 aromatic heterocycles. The van der Waals surface area contributed by atoms with Gasteiger partial charge in [-0.05, 0) is 42.5 Å². The largest absolute Gasteiger partial charge is 0.332 e. The van der Waals surface area contributed by atoms with Gasteiger partial charge in [0.05, 0.1) is 19.3 Å². The number of hydrogen-bond donors (Lipinski definition) is 0. The molecule has 0 N–H and O–H groups in total. The van der Waals surface area contributed by atoms with Crippen molar-refractivity contribution in [3.63, 3.8) is 0 Å². The van der Waals surface area contributed by atoms with E-state index in [2.05, 4.69) is 0 Å². The van der Waals surface area contributed by atoms with Crippen molar-refractivity contribution >= 4 is 27.3 Å². The Bertz CT molecular complexity index is 836. The van der Waals surface area contributed by atoms with E-state index < -0.39 is 10.0 Å². The van der Waals surface area contributed by atoms with Crippen molar-refractivity contribution < 1.29 is 17.6 Å². The van der Waals surface area contributed by atoms with Crippen LogP contribution in [0.15, 0.2) is 41.8 Å². The molecule has 1 amide bonds. The normalized spacial score (nSPS) is 12.9. The van der Waals surface area contributed by atoms with Crippen LogP contribution in [-0.4, -0.2) is 42.4 Å². The number of nitrogens with zero attached hydrogens (tertiary/aromatic N) is 2. The number of hydrogen-bond acceptors (Lipinski definition) is 4. The molecule has 27 heavy (non-hydrogen) atoms. The Kier molecular flexibility index (Phi) is 7.52. The highest BCUT2D eigenvalue weighted by Gasteiger charge is 2.27. The number of rotatable bonds is 9. The number of amides is 1. The molecule has 0 saturated carbocycles. The van der Waals surface area contributed by atoms with Gasteiger partial charge in [0.1, 0.15) is 5.82 Å². The van der Waals surface area contributed by atoms with Gasteiger partial charge in [-0.15, -0.1) is 11.3 Å². The van der Waals surface area contributed by atoms with E-state index >= 15 is 0 Å². The Hall–Kier alpha value is -1.77. The maximum atomic E-state index is 13.2. The molecule has 0 spiro atoms. The first-order chi connectivity index (χ1) is 12.7. The number of benzene rings is 1. The van der Waals surface area contributed by atoms with Gasteiger partial charge < -0.3 is 4.90 Å². The second-order valence-corrected chi connectivity index (χ2v) is 9.49. The van der Waals surface area contributed by atoms with Gasteiger partial charge in [-0.2, -0.15) is 4.31 Å². The van der Waals surface area contributed by atoms with Crippen LogP contribution in [0.4, 0.5) is 4.39 Å². The lowest BCUT2D eigenvalue weighted by molar-refractivity contribution is -0.133.